The molecule has 2 amide bonds. The highest BCUT2D eigenvalue weighted by Crippen LogP contribution is 2.31. The predicted molar refractivity (Wildman–Crippen MR) is 140 cm³/mol. The molecule has 6 heteroatoms. The van der Waals surface area contributed by atoms with Crippen LogP contribution in [0.4, 0.5) is 4.79 Å². The lowest BCUT2D eigenvalue weighted by molar-refractivity contribution is 0.240. The molecular weight excluding hydrogens is 436 g/mol. The van der Waals surface area contributed by atoms with Crippen LogP contribution in [0.2, 0.25) is 0 Å². The second-order valence-electron chi connectivity index (χ2n) is 9.57. The van der Waals surface area contributed by atoms with E-state index in [-0.39, 0.29) is 17.5 Å². The number of hydrogen-bond acceptors (Lipinski definition) is 3. The third kappa shape index (κ3) is 6.85. The Hall–Kier alpha value is -3.80. The van der Waals surface area contributed by atoms with Gasteiger partial charge in [0.2, 0.25) is 0 Å². The normalized spacial score (nSPS) is 19.1. The summed E-state index contributed by atoms with van der Waals surface area (Å²) in [5.41, 5.74) is 4.37. The number of amidine groups is 1. The molecule has 0 aromatic heterocycles. The monoisotopic (exact) mass is 470 g/mol. The number of rotatable bonds is 9. The fourth-order valence-corrected chi connectivity index (χ4v) is 4.75. The van der Waals surface area contributed by atoms with Crippen LogP contribution in [-0.4, -0.2) is 24.5 Å². The molecule has 3 aromatic carbocycles. The Morgan fingerprint density at radius 1 is 0.943 bits per heavy atom. The minimum absolute atomic E-state index is 0.148. The molecule has 1 heterocycles. The van der Waals surface area contributed by atoms with Crippen molar-refractivity contribution in [1.82, 2.24) is 16.0 Å². The van der Waals surface area contributed by atoms with Crippen molar-refractivity contribution in [3.63, 3.8) is 0 Å². The van der Waals surface area contributed by atoms with Gasteiger partial charge in [0.15, 0.2) is 0 Å². The standard InChI is InChI=1S/C29H34N4O2/c1-29(17-24-9-6-10-26(16-24)35-2)18-25(27(30)33-29)15-21-11-13-23(14-12-21)20-32-28(34)31-19-22-7-4-3-5-8-22/h3-14,16,25H,15,17-20H2,1-2H3,(H2,30,33)(H2,31,32,34). The average Bonchev–Trinajstić information content (AvgIpc) is 3.15. The number of benzene rings is 3. The van der Waals surface area contributed by atoms with Crippen molar-refractivity contribution in [3.05, 3.63) is 101 Å². The number of ether oxygens (including phenoxy) is 1. The summed E-state index contributed by atoms with van der Waals surface area (Å²) < 4.78 is 5.35. The molecule has 0 saturated carbocycles. The lowest BCUT2D eigenvalue weighted by atomic mass is 9.86. The van der Waals surface area contributed by atoms with Gasteiger partial charge in [-0.15, -0.1) is 0 Å². The number of hydrogen-bond donors (Lipinski definition) is 4. The summed E-state index contributed by atoms with van der Waals surface area (Å²) in [4.78, 5) is 12.1. The maximum absolute atomic E-state index is 12.1. The maximum Gasteiger partial charge on any atom is 0.315 e. The zero-order valence-corrected chi connectivity index (χ0v) is 20.4. The van der Waals surface area contributed by atoms with Crippen LogP contribution in [0.5, 0.6) is 5.75 Å². The van der Waals surface area contributed by atoms with Crippen molar-refractivity contribution in [2.75, 3.05) is 7.11 Å². The Labute approximate surface area is 207 Å². The van der Waals surface area contributed by atoms with E-state index in [0.717, 1.165) is 36.1 Å². The number of carbonyl (C=O) groups excluding carboxylic acids is 1. The Morgan fingerprint density at radius 3 is 2.26 bits per heavy atom. The summed E-state index contributed by atoms with van der Waals surface area (Å²) in [6.07, 6.45) is 2.58. The molecule has 2 unspecified atom stereocenters. The van der Waals surface area contributed by atoms with E-state index >= 15 is 0 Å². The first-order valence-electron chi connectivity index (χ1n) is 12.1. The number of carbonyl (C=O) groups is 1. The van der Waals surface area contributed by atoms with E-state index in [1.165, 1.54) is 11.1 Å². The highest BCUT2D eigenvalue weighted by Gasteiger charge is 2.38. The van der Waals surface area contributed by atoms with Crippen LogP contribution in [0, 0.1) is 11.3 Å². The SMILES string of the molecule is COc1cccc(CC2(C)CC(Cc3ccc(CNC(=O)NCc4ccccc4)cc3)C(=N)N2)c1. The van der Waals surface area contributed by atoms with Gasteiger partial charge in [-0.25, -0.2) is 4.79 Å². The summed E-state index contributed by atoms with van der Waals surface area (Å²) in [6, 6.07) is 26.1. The molecular formula is C29H34N4O2. The molecule has 0 aliphatic carbocycles. The fraction of sp³-hybridized carbons (Fsp3) is 0.310. The molecule has 1 aliphatic rings. The van der Waals surface area contributed by atoms with Crippen molar-refractivity contribution >= 4 is 11.9 Å². The zero-order valence-electron chi connectivity index (χ0n) is 20.4. The quantitative estimate of drug-likeness (QED) is 0.361. The van der Waals surface area contributed by atoms with Gasteiger partial charge >= 0.3 is 6.03 Å². The zero-order chi connectivity index (χ0) is 24.7. The smallest absolute Gasteiger partial charge is 0.315 e. The number of urea groups is 1. The van der Waals surface area contributed by atoms with E-state index in [1.54, 1.807) is 7.11 Å². The van der Waals surface area contributed by atoms with Gasteiger partial charge in [-0.1, -0.05) is 66.7 Å². The van der Waals surface area contributed by atoms with Crippen molar-refractivity contribution in [1.29, 1.82) is 5.41 Å². The van der Waals surface area contributed by atoms with Crippen LogP contribution in [0.25, 0.3) is 0 Å². The van der Waals surface area contributed by atoms with Crippen molar-refractivity contribution < 1.29 is 9.53 Å². The van der Waals surface area contributed by atoms with Gasteiger partial charge in [0.05, 0.1) is 12.9 Å². The number of amides is 2. The Morgan fingerprint density at radius 2 is 1.57 bits per heavy atom. The first kappa shape index (κ1) is 24.3. The first-order valence-corrected chi connectivity index (χ1v) is 12.1. The van der Waals surface area contributed by atoms with Gasteiger partial charge < -0.3 is 20.7 Å². The van der Waals surface area contributed by atoms with Crippen molar-refractivity contribution in [2.45, 2.75) is 44.8 Å². The predicted octanol–water partition coefficient (Wildman–Crippen LogP) is 4.83. The molecule has 4 N–H and O–H groups in total. The van der Waals surface area contributed by atoms with E-state index in [1.807, 2.05) is 54.6 Å². The molecule has 1 aliphatic heterocycles. The van der Waals surface area contributed by atoms with Gasteiger partial charge in [0.1, 0.15) is 5.75 Å². The van der Waals surface area contributed by atoms with E-state index in [4.69, 9.17) is 10.1 Å². The fourth-order valence-electron chi connectivity index (χ4n) is 4.75. The van der Waals surface area contributed by atoms with E-state index in [2.05, 4.69) is 47.1 Å². The van der Waals surface area contributed by atoms with Crippen LogP contribution in [0.1, 0.15) is 35.6 Å². The molecule has 3 aromatic rings. The maximum atomic E-state index is 12.1. The second-order valence-corrected chi connectivity index (χ2v) is 9.57. The molecule has 35 heavy (non-hydrogen) atoms. The average molecular weight is 471 g/mol. The van der Waals surface area contributed by atoms with Crippen LogP contribution in [0.3, 0.4) is 0 Å². The van der Waals surface area contributed by atoms with E-state index in [0.29, 0.717) is 18.9 Å². The molecule has 0 radical (unpaired) electrons. The number of methoxy groups -OCH3 is 1. The van der Waals surface area contributed by atoms with Gasteiger partial charge in [0, 0.05) is 24.5 Å². The molecule has 1 saturated heterocycles. The third-order valence-electron chi connectivity index (χ3n) is 6.52. The van der Waals surface area contributed by atoms with Gasteiger partial charge in [-0.05, 0) is 60.6 Å². The summed E-state index contributed by atoms with van der Waals surface area (Å²) in [5, 5.41) is 17.7. The van der Waals surface area contributed by atoms with Crippen LogP contribution in [0.15, 0.2) is 78.9 Å². The summed E-state index contributed by atoms with van der Waals surface area (Å²) in [7, 11) is 1.68. The summed E-state index contributed by atoms with van der Waals surface area (Å²) in [5.74, 6) is 1.63. The van der Waals surface area contributed by atoms with Crippen LogP contribution >= 0.6 is 0 Å². The minimum Gasteiger partial charge on any atom is -0.497 e. The molecule has 1 fully saturated rings. The first-order chi connectivity index (χ1) is 16.9. The summed E-state index contributed by atoms with van der Waals surface area (Å²) in [6.45, 7) is 3.17. The van der Waals surface area contributed by atoms with E-state index < -0.39 is 0 Å². The van der Waals surface area contributed by atoms with E-state index in [9.17, 15) is 4.79 Å². The Kier molecular flexibility index (Phi) is 7.70. The topological polar surface area (TPSA) is 86.2 Å². The largest absolute Gasteiger partial charge is 0.497 e. The Bertz CT molecular complexity index is 1150. The number of nitrogens with one attached hydrogen (secondary N) is 4. The molecule has 0 bridgehead atoms. The van der Waals surface area contributed by atoms with Crippen molar-refractivity contribution in [3.8, 4) is 5.75 Å². The molecule has 182 valence electrons. The van der Waals surface area contributed by atoms with Gasteiger partial charge in [0.25, 0.3) is 0 Å². The van der Waals surface area contributed by atoms with Crippen LogP contribution in [-0.2, 0) is 25.9 Å². The van der Waals surface area contributed by atoms with Gasteiger partial charge in [-0.3, -0.25) is 5.41 Å². The van der Waals surface area contributed by atoms with Gasteiger partial charge in [-0.2, -0.15) is 0 Å². The Balaban J connectivity index is 1.25. The van der Waals surface area contributed by atoms with Crippen molar-refractivity contribution in [2.24, 2.45) is 5.92 Å². The summed E-state index contributed by atoms with van der Waals surface area (Å²) >= 11 is 0. The lowest BCUT2D eigenvalue weighted by Gasteiger charge is -2.25. The highest BCUT2D eigenvalue weighted by molar-refractivity contribution is 5.85. The molecule has 6 nitrogen and oxygen atoms in total. The molecule has 0 spiro atoms. The highest BCUT2D eigenvalue weighted by atomic mass is 16.5. The third-order valence-corrected chi connectivity index (χ3v) is 6.52. The lowest BCUT2D eigenvalue weighted by Crippen LogP contribution is -2.40. The second kappa shape index (κ2) is 11.1. The minimum atomic E-state index is -0.182. The van der Waals surface area contributed by atoms with Crippen LogP contribution < -0.4 is 20.7 Å². The molecule has 2 atom stereocenters. The molecule has 4 rings (SSSR count).